The molecule has 0 unspecified atom stereocenters. The normalized spacial score (nSPS) is 12.4. The smallest absolute Gasteiger partial charge is 0.404 e. The van der Waals surface area contributed by atoms with Crippen molar-refractivity contribution in [1.29, 1.82) is 0 Å². The van der Waals surface area contributed by atoms with Crippen LogP contribution in [0.3, 0.4) is 0 Å². The van der Waals surface area contributed by atoms with Crippen molar-refractivity contribution in [2.45, 2.75) is 17.7 Å². The van der Waals surface area contributed by atoms with Crippen molar-refractivity contribution in [1.82, 2.24) is 4.72 Å². The molecule has 0 spiro atoms. The quantitative estimate of drug-likeness (QED) is 0.775. The molecule has 9 heteroatoms. The Balaban J connectivity index is 2.99. The molecule has 0 fully saturated rings. The van der Waals surface area contributed by atoms with Crippen molar-refractivity contribution in [3.8, 4) is 5.75 Å². The fraction of sp³-hybridized carbons (Fsp3) is 0.400. The number of hydrogen-bond donors (Lipinski definition) is 2. The van der Waals surface area contributed by atoms with Gasteiger partial charge in [-0.3, -0.25) is 0 Å². The summed E-state index contributed by atoms with van der Waals surface area (Å²) in [6, 6.07) is 4.42. The van der Waals surface area contributed by atoms with Crippen molar-refractivity contribution in [3.63, 3.8) is 0 Å². The minimum absolute atomic E-state index is 0.0841. The first kappa shape index (κ1) is 15.7. The van der Waals surface area contributed by atoms with E-state index in [1.165, 1.54) is 12.1 Å². The molecule has 0 aromatic heterocycles. The number of alkyl halides is 3. The van der Waals surface area contributed by atoms with Gasteiger partial charge in [-0.15, -0.1) is 13.2 Å². The number of sulfonamides is 1. The molecule has 0 aliphatic rings. The van der Waals surface area contributed by atoms with E-state index >= 15 is 0 Å². The molecule has 19 heavy (non-hydrogen) atoms. The third-order valence-corrected chi connectivity index (χ3v) is 3.49. The predicted octanol–water partition coefficient (Wildman–Crippen LogP) is 1.25. The summed E-state index contributed by atoms with van der Waals surface area (Å²) in [5.74, 6) is -0.800. The van der Waals surface area contributed by atoms with Gasteiger partial charge in [0, 0.05) is 13.2 Å². The summed E-state index contributed by atoms with van der Waals surface area (Å²) in [5, 5.41) is 8.53. The summed E-state index contributed by atoms with van der Waals surface area (Å²) in [6.07, 6.45) is -4.82. The highest BCUT2D eigenvalue weighted by Gasteiger charge is 2.33. The Labute approximate surface area is 108 Å². The number of aliphatic hydroxyl groups is 1. The number of aliphatic hydroxyl groups excluding tert-OH is 1. The van der Waals surface area contributed by atoms with Crippen LogP contribution in [0.4, 0.5) is 13.2 Å². The lowest BCUT2D eigenvalue weighted by atomic mass is 10.3. The Morgan fingerprint density at radius 3 is 2.47 bits per heavy atom. The minimum atomic E-state index is -4.98. The molecular weight excluding hydrogens is 287 g/mol. The monoisotopic (exact) mass is 299 g/mol. The van der Waals surface area contributed by atoms with Gasteiger partial charge in [-0.2, -0.15) is 0 Å². The largest absolute Gasteiger partial charge is 0.573 e. The van der Waals surface area contributed by atoms with E-state index in [2.05, 4.69) is 9.46 Å². The van der Waals surface area contributed by atoms with Crippen molar-refractivity contribution in [2.75, 3.05) is 13.2 Å². The average Bonchev–Trinajstić information content (AvgIpc) is 2.27. The summed E-state index contributed by atoms with van der Waals surface area (Å²) in [4.78, 5) is -0.606. The van der Waals surface area contributed by atoms with Crippen LogP contribution in [0.5, 0.6) is 5.75 Å². The predicted molar refractivity (Wildman–Crippen MR) is 60.0 cm³/mol. The highest BCUT2D eigenvalue weighted by atomic mass is 32.2. The van der Waals surface area contributed by atoms with E-state index in [0.717, 1.165) is 12.1 Å². The molecule has 0 saturated heterocycles. The van der Waals surface area contributed by atoms with Gasteiger partial charge in [0.15, 0.2) is 0 Å². The van der Waals surface area contributed by atoms with Crippen LogP contribution in [-0.4, -0.2) is 33.0 Å². The number of halogens is 3. The van der Waals surface area contributed by atoms with Gasteiger partial charge in [-0.25, -0.2) is 13.1 Å². The molecule has 0 heterocycles. The Hall–Kier alpha value is -1.32. The van der Waals surface area contributed by atoms with Crippen molar-refractivity contribution in [3.05, 3.63) is 24.3 Å². The van der Waals surface area contributed by atoms with Crippen LogP contribution in [0.25, 0.3) is 0 Å². The second-order valence-electron chi connectivity index (χ2n) is 3.47. The number of para-hydroxylation sites is 1. The van der Waals surface area contributed by atoms with E-state index in [1.807, 2.05) is 0 Å². The first-order valence-corrected chi connectivity index (χ1v) is 6.70. The average molecular weight is 299 g/mol. The van der Waals surface area contributed by atoms with E-state index in [1.54, 1.807) is 0 Å². The van der Waals surface area contributed by atoms with Gasteiger partial charge >= 0.3 is 6.36 Å². The number of hydrogen-bond acceptors (Lipinski definition) is 4. The number of nitrogens with one attached hydrogen (secondary N) is 1. The van der Waals surface area contributed by atoms with E-state index < -0.39 is 27.0 Å². The molecule has 2 N–H and O–H groups in total. The molecule has 0 bridgehead atoms. The van der Waals surface area contributed by atoms with E-state index in [0.29, 0.717) is 0 Å². The molecule has 0 amide bonds. The fourth-order valence-corrected chi connectivity index (χ4v) is 2.45. The van der Waals surface area contributed by atoms with Crippen LogP contribution in [0.1, 0.15) is 6.42 Å². The lowest BCUT2D eigenvalue weighted by molar-refractivity contribution is -0.275. The molecule has 0 aliphatic heterocycles. The Morgan fingerprint density at radius 2 is 1.89 bits per heavy atom. The van der Waals surface area contributed by atoms with Gasteiger partial charge in [-0.05, 0) is 18.6 Å². The maximum Gasteiger partial charge on any atom is 0.573 e. The standard InChI is InChI=1S/C10H12F3NO4S/c11-10(12,13)18-8-4-1-2-5-9(8)19(16,17)14-6-3-7-15/h1-2,4-5,14-15H,3,6-7H2. The lowest BCUT2D eigenvalue weighted by Gasteiger charge is -2.13. The number of ether oxygens (including phenoxy) is 1. The zero-order valence-corrected chi connectivity index (χ0v) is 10.5. The van der Waals surface area contributed by atoms with Crippen molar-refractivity contribution >= 4 is 10.0 Å². The highest BCUT2D eigenvalue weighted by Crippen LogP contribution is 2.29. The van der Waals surface area contributed by atoms with Gasteiger partial charge in [0.25, 0.3) is 0 Å². The van der Waals surface area contributed by atoms with Gasteiger partial charge in [0.1, 0.15) is 10.6 Å². The van der Waals surface area contributed by atoms with Crippen LogP contribution in [0.2, 0.25) is 0 Å². The van der Waals surface area contributed by atoms with E-state index in [9.17, 15) is 21.6 Å². The Bertz CT molecular complexity index is 516. The highest BCUT2D eigenvalue weighted by molar-refractivity contribution is 7.89. The van der Waals surface area contributed by atoms with Crippen molar-refractivity contribution < 1.29 is 31.4 Å². The molecule has 1 aromatic carbocycles. The van der Waals surface area contributed by atoms with E-state index in [4.69, 9.17) is 5.11 Å². The zero-order chi connectivity index (χ0) is 14.5. The lowest BCUT2D eigenvalue weighted by Crippen LogP contribution is -2.27. The van der Waals surface area contributed by atoms with Crippen molar-refractivity contribution in [2.24, 2.45) is 0 Å². The Morgan fingerprint density at radius 1 is 1.26 bits per heavy atom. The number of rotatable bonds is 6. The summed E-state index contributed by atoms with van der Waals surface area (Å²) in [6.45, 7) is -0.317. The van der Waals surface area contributed by atoms with Gasteiger partial charge in [-0.1, -0.05) is 12.1 Å². The molecule has 0 aliphatic carbocycles. The molecule has 108 valence electrons. The summed E-state index contributed by atoms with van der Waals surface area (Å²) in [5.41, 5.74) is 0. The Kier molecular flexibility index (Phi) is 5.15. The SMILES string of the molecule is O=S(=O)(NCCCO)c1ccccc1OC(F)(F)F. The zero-order valence-electron chi connectivity index (χ0n) is 9.64. The fourth-order valence-electron chi connectivity index (χ4n) is 1.24. The van der Waals surface area contributed by atoms with E-state index in [-0.39, 0.29) is 19.6 Å². The van der Waals surface area contributed by atoms with Crippen LogP contribution >= 0.6 is 0 Å². The van der Waals surface area contributed by atoms with Gasteiger partial charge in [0.2, 0.25) is 10.0 Å². The first-order chi connectivity index (χ1) is 8.76. The van der Waals surface area contributed by atoms with Gasteiger partial charge in [0.05, 0.1) is 0 Å². The topological polar surface area (TPSA) is 75.6 Å². The van der Waals surface area contributed by atoms with Crippen LogP contribution in [0.15, 0.2) is 29.2 Å². The molecule has 0 saturated carbocycles. The van der Waals surface area contributed by atoms with Gasteiger partial charge < -0.3 is 9.84 Å². The molecular formula is C10H12F3NO4S. The third kappa shape index (κ3) is 5.05. The summed E-state index contributed by atoms with van der Waals surface area (Å²) in [7, 11) is -4.12. The first-order valence-electron chi connectivity index (χ1n) is 5.21. The van der Waals surface area contributed by atoms with Crippen LogP contribution in [0, 0.1) is 0 Å². The summed E-state index contributed by atoms with van der Waals surface area (Å²) >= 11 is 0. The third-order valence-electron chi connectivity index (χ3n) is 1.99. The summed E-state index contributed by atoms with van der Waals surface area (Å²) < 4.78 is 65.7. The maximum atomic E-state index is 12.1. The maximum absolute atomic E-state index is 12.1. The minimum Gasteiger partial charge on any atom is -0.404 e. The molecule has 1 rings (SSSR count). The molecule has 5 nitrogen and oxygen atoms in total. The molecule has 1 aromatic rings. The molecule has 0 atom stereocenters. The van der Waals surface area contributed by atoms with Crippen LogP contribution in [-0.2, 0) is 10.0 Å². The second-order valence-corrected chi connectivity index (χ2v) is 5.20. The number of benzene rings is 1. The second kappa shape index (κ2) is 6.22. The van der Waals surface area contributed by atoms with Crippen LogP contribution < -0.4 is 9.46 Å². The molecule has 0 radical (unpaired) electrons.